The molecule has 0 spiro atoms. The Hall–Kier alpha value is -1.62. The average molecular weight is 291 g/mol. The van der Waals surface area contributed by atoms with Gasteiger partial charge in [-0.25, -0.2) is 4.98 Å². The lowest BCUT2D eigenvalue weighted by molar-refractivity contribution is 0.0762. The van der Waals surface area contributed by atoms with Crippen LogP contribution in [0.3, 0.4) is 0 Å². The van der Waals surface area contributed by atoms with Gasteiger partial charge in [-0.05, 0) is 38.8 Å². The van der Waals surface area contributed by atoms with Gasteiger partial charge in [0.2, 0.25) is 0 Å². The lowest BCUT2D eigenvalue weighted by atomic mass is 10.0. The number of aliphatic hydroxyl groups is 1. The van der Waals surface area contributed by atoms with Crippen molar-refractivity contribution in [3.63, 3.8) is 0 Å². The van der Waals surface area contributed by atoms with Crippen LogP contribution in [0.25, 0.3) is 0 Å². The highest BCUT2D eigenvalue weighted by Gasteiger charge is 2.29. The molecule has 2 rings (SSSR count). The number of aryl methyl sites for hydroxylation is 1. The van der Waals surface area contributed by atoms with E-state index in [0.717, 1.165) is 30.9 Å². The minimum absolute atomic E-state index is 0.0307. The maximum Gasteiger partial charge on any atom is 0.254 e. The van der Waals surface area contributed by atoms with Crippen molar-refractivity contribution < 1.29 is 9.90 Å². The molecule has 5 heteroatoms. The van der Waals surface area contributed by atoms with E-state index in [1.165, 1.54) is 0 Å². The van der Waals surface area contributed by atoms with Crippen LogP contribution in [0, 0.1) is 12.8 Å². The van der Waals surface area contributed by atoms with Crippen molar-refractivity contribution in [3.8, 4) is 0 Å². The number of amides is 1. The van der Waals surface area contributed by atoms with Crippen LogP contribution in [-0.4, -0.2) is 46.6 Å². The number of anilines is 1. The van der Waals surface area contributed by atoms with Crippen molar-refractivity contribution in [3.05, 3.63) is 23.4 Å². The molecular formula is C16H25N3O2. The monoisotopic (exact) mass is 291 g/mol. The first-order valence-electron chi connectivity index (χ1n) is 7.71. The largest absolute Gasteiger partial charge is 0.393 e. The Bertz CT molecular complexity index is 502. The lowest BCUT2D eigenvalue weighted by Crippen LogP contribution is -2.30. The second-order valence-electron chi connectivity index (χ2n) is 5.85. The Balaban J connectivity index is 2.10. The van der Waals surface area contributed by atoms with Gasteiger partial charge in [0.25, 0.3) is 5.91 Å². The van der Waals surface area contributed by atoms with Gasteiger partial charge >= 0.3 is 0 Å². The van der Waals surface area contributed by atoms with E-state index in [4.69, 9.17) is 0 Å². The number of nitrogens with zero attached hydrogens (tertiary/aromatic N) is 2. The fraction of sp³-hybridized carbons (Fsp3) is 0.625. The first-order chi connectivity index (χ1) is 10.0. The zero-order valence-electron chi connectivity index (χ0n) is 13.1. The molecule has 1 saturated heterocycles. The van der Waals surface area contributed by atoms with Crippen molar-refractivity contribution in [2.24, 2.45) is 5.92 Å². The highest BCUT2D eigenvalue weighted by atomic mass is 16.3. The van der Waals surface area contributed by atoms with Crippen LogP contribution in [-0.2, 0) is 0 Å². The molecule has 1 aromatic rings. The van der Waals surface area contributed by atoms with Crippen molar-refractivity contribution in [2.75, 3.05) is 25.0 Å². The number of likely N-dealkylation sites (tertiary alicyclic amines) is 1. The third-order valence-electron chi connectivity index (χ3n) is 3.95. The molecule has 1 aromatic heterocycles. The molecule has 1 fully saturated rings. The van der Waals surface area contributed by atoms with Crippen LogP contribution in [0.5, 0.6) is 0 Å². The Labute approximate surface area is 126 Å². The Kier molecular flexibility index (Phi) is 5.17. The van der Waals surface area contributed by atoms with Crippen LogP contribution in [0.4, 0.5) is 5.82 Å². The summed E-state index contributed by atoms with van der Waals surface area (Å²) in [4.78, 5) is 18.8. The van der Waals surface area contributed by atoms with E-state index in [0.29, 0.717) is 18.7 Å². The Morgan fingerprint density at radius 1 is 1.57 bits per heavy atom. The number of aromatic nitrogens is 1. The number of pyridine rings is 1. The van der Waals surface area contributed by atoms with Gasteiger partial charge in [0.05, 0.1) is 6.10 Å². The van der Waals surface area contributed by atoms with Gasteiger partial charge in [-0.1, -0.05) is 6.92 Å². The molecule has 5 nitrogen and oxygen atoms in total. The number of nitrogens with one attached hydrogen (secondary N) is 1. The number of hydrogen-bond acceptors (Lipinski definition) is 4. The smallest absolute Gasteiger partial charge is 0.254 e. The molecule has 0 aromatic carbocycles. The number of aliphatic hydroxyl groups excluding tert-OH is 1. The topological polar surface area (TPSA) is 65.5 Å². The van der Waals surface area contributed by atoms with Crippen molar-refractivity contribution in [2.45, 2.75) is 39.7 Å². The van der Waals surface area contributed by atoms with E-state index in [-0.39, 0.29) is 17.9 Å². The highest BCUT2D eigenvalue weighted by molar-refractivity contribution is 5.95. The molecule has 0 aliphatic carbocycles. The zero-order valence-corrected chi connectivity index (χ0v) is 13.1. The molecule has 1 amide bonds. The quantitative estimate of drug-likeness (QED) is 0.871. The molecule has 1 aliphatic heterocycles. The maximum atomic E-state index is 12.6. The summed E-state index contributed by atoms with van der Waals surface area (Å²) in [5.41, 5.74) is 1.51. The molecule has 0 radical (unpaired) electrons. The van der Waals surface area contributed by atoms with Crippen LogP contribution in [0.1, 0.15) is 42.7 Å². The molecule has 2 unspecified atom stereocenters. The standard InChI is InChI=1S/C16H25N3O2/c1-4-6-17-15-9-14(8-11(2)18-15)16(21)19-7-5-13(10-19)12(3)20/h8-9,12-13,20H,4-7,10H2,1-3H3,(H,17,18). The van der Waals surface area contributed by atoms with E-state index in [1.807, 2.05) is 24.0 Å². The molecule has 0 saturated carbocycles. The maximum absolute atomic E-state index is 12.6. The summed E-state index contributed by atoms with van der Waals surface area (Å²) in [6, 6.07) is 3.65. The normalized spacial score (nSPS) is 19.6. The van der Waals surface area contributed by atoms with Gasteiger partial charge in [-0.15, -0.1) is 0 Å². The van der Waals surface area contributed by atoms with E-state index in [1.54, 1.807) is 6.92 Å². The van der Waals surface area contributed by atoms with Crippen LogP contribution in [0.2, 0.25) is 0 Å². The lowest BCUT2D eigenvalue weighted by Gasteiger charge is -2.18. The summed E-state index contributed by atoms with van der Waals surface area (Å²) in [7, 11) is 0. The number of carbonyl (C=O) groups is 1. The first-order valence-corrected chi connectivity index (χ1v) is 7.71. The predicted molar refractivity (Wildman–Crippen MR) is 83.4 cm³/mol. The summed E-state index contributed by atoms with van der Waals surface area (Å²) >= 11 is 0. The molecule has 21 heavy (non-hydrogen) atoms. The summed E-state index contributed by atoms with van der Waals surface area (Å²) in [5.74, 6) is 0.976. The van der Waals surface area contributed by atoms with Crippen LogP contribution >= 0.6 is 0 Å². The third kappa shape index (κ3) is 3.94. The van der Waals surface area contributed by atoms with Crippen molar-refractivity contribution in [1.29, 1.82) is 0 Å². The van der Waals surface area contributed by atoms with Crippen molar-refractivity contribution in [1.82, 2.24) is 9.88 Å². The van der Waals surface area contributed by atoms with E-state index >= 15 is 0 Å². The fourth-order valence-corrected chi connectivity index (χ4v) is 2.68. The van der Waals surface area contributed by atoms with Crippen LogP contribution in [0.15, 0.2) is 12.1 Å². The Morgan fingerprint density at radius 2 is 2.33 bits per heavy atom. The Morgan fingerprint density at radius 3 is 2.95 bits per heavy atom. The van der Waals surface area contributed by atoms with Gasteiger partial charge in [0, 0.05) is 36.8 Å². The molecule has 1 aliphatic rings. The second-order valence-corrected chi connectivity index (χ2v) is 5.85. The first kappa shape index (κ1) is 15.8. The SMILES string of the molecule is CCCNc1cc(C(=O)N2CCC(C(C)O)C2)cc(C)n1. The third-order valence-corrected chi connectivity index (χ3v) is 3.95. The minimum Gasteiger partial charge on any atom is -0.393 e. The van der Waals surface area contributed by atoms with Gasteiger partial charge in [0.1, 0.15) is 5.82 Å². The molecule has 2 N–H and O–H groups in total. The average Bonchev–Trinajstić information content (AvgIpc) is 2.93. The van der Waals surface area contributed by atoms with Gasteiger partial charge in [0.15, 0.2) is 0 Å². The van der Waals surface area contributed by atoms with E-state index in [2.05, 4.69) is 17.2 Å². The zero-order chi connectivity index (χ0) is 15.4. The summed E-state index contributed by atoms with van der Waals surface area (Å²) in [5, 5.41) is 12.9. The summed E-state index contributed by atoms with van der Waals surface area (Å²) in [6.45, 7) is 7.98. The van der Waals surface area contributed by atoms with Gasteiger partial charge < -0.3 is 15.3 Å². The van der Waals surface area contributed by atoms with E-state index < -0.39 is 0 Å². The van der Waals surface area contributed by atoms with Gasteiger partial charge in [-0.2, -0.15) is 0 Å². The number of hydrogen-bond donors (Lipinski definition) is 2. The summed E-state index contributed by atoms with van der Waals surface area (Å²) < 4.78 is 0. The van der Waals surface area contributed by atoms with E-state index in [9.17, 15) is 9.90 Å². The number of rotatable bonds is 5. The molecule has 2 atom stereocenters. The second kappa shape index (κ2) is 6.89. The molecular weight excluding hydrogens is 266 g/mol. The number of carbonyl (C=O) groups excluding carboxylic acids is 1. The van der Waals surface area contributed by atoms with Crippen LogP contribution < -0.4 is 5.32 Å². The molecule has 116 valence electrons. The molecule has 0 bridgehead atoms. The summed E-state index contributed by atoms with van der Waals surface area (Å²) in [6.07, 6.45) is 1.53. The highest BCUT2D eigenvalue weighted by Crippen LogP contribution is 2.22. The predicted octanol–water partition coefficient (Wildman–Crippen LogP) is 2.05. The minimum atomic E-state index is -0.358. The van der Waals surface area contributed by atoms with Crippen molar-refractivity contribution >= 4 is 11.7 Å². The molecule has 2 heterocycles. The fourth-order valence-electron chi connectivity index (χ4n) is 2.68. The van der Waals surface area contributed by atoms with Gasteiger partial charge in [-0.3, -0.25) is 4.79 Å².